The predicted octanol–water partition coefficient (Wildman–Crippen LogP) is 13.2. The topological polar surface area (TPSA) is 437 Å². The van der Waals surface area contributed by atoms with Gasteiger partial charge in [-0.1, -0.05) is 18.2 Å². The minimum absolute atomic E-state index is 0.0357. The van der Waals surface area contributed by atoms with E-state index in [-0.39, 0.29) is 167 Å². The summed E-state index contributed by atoms with van der Waals surface area (Å²) in [6, 6.07) is 21.0. The highest BCUT2D eigenvalue weighted by Gasteiger charge is 2.69. The molecule has 3 saturated carbocycles. The van der Waals surface area contributed by atoms with Crippen LogP contribution >= 0.6 is 0 Å². The molecular formula is C113H125N21O13. The lowest BCUT2D eigenvalue weighted by molar-refractivity contribution is -0.139. The number of amides is 4. The van der Waals surface area contributed by atoms with Crippen LogP contribution in [0.2, 0.25) is 0 Å². The second kappa shape index (κ2) is 41.5. The molecule has 147 heavy (non-hydrogen) atoms. The van der Waals surface area contributed by atoms with Crippen LogP contribution in [0.3, 0.4) is 0 Å². The number of nitrogens with one attached hydrogen (secondary N) is 3. The minimum Gasteiger partial charge on any atom is -0.356 e. The summed E-state index contributed by atoms with van der Waals surface area (Å²) in [6.45, 7) is 23.6. The first-order valence-corrected chi connectivity index (χ1v) is 51.5. The Morgan fingerprint density at radius 3 is 0.993 bits per heavy atom. The highest BCUT2D eigenvalue weighted by atomic mass is 16.2. The first kappa shape index (κ1) is 101. The van der Waals surface area contributed by atoms with Crippen LogP contribution in [-0.4, -0.2) is 220 Å². The van der Waals surface area contributed by atoms with E-state index in [1.807, 2.05) is 128 Å². The van der Waals surface area contributed by atoms with Gasteiger partial charge in [-0.05, 0) is 280 Å². The number of benzene rings is 3. The maximum absolute atomic E-state index is 14.5. The average molecular weight is 1990 g/mol. The average Bonchev–Trinajstić information content (AvgIpc) is 1.54. The van der Waals surface area contributed by atoms with Crippen molar-refractivity contribution in [2.45, 2.75) is 300 Å². The van der Waals surface area contributed by atoms with Crippen molar-refractivity contribution in [1.82, 2.24) is 105 Å². The molecule has 6 fully saturated rings. The van der Waals surface area contributed by atoms with Gasteiger partial charge in [-0.25, -0.2) is 29.9 Å². The first-order chi connectivity index (χ1) is 70.5. The van der Waals surface area contributed by atoms with Crippen molar-refractivity contribution in [3.8, 4) is 33.4 Å². The molecule has 6 bridgehead atoms. The van der Waals surface area contributed by atoms with Crippen molar-refractivity contribution in [3.63, 3.8) is 0 Å². The Hall–Kier alpha value is -14.4. The maximum atomic E-state index is 14.5. The highest BCUT2D eigenvalue weighted by Crippen LogP contribution is 2.65. The summed E-state index contributed by atoms with van der Waals surface area (Å²) in [7, 11) is 0. The zero-order valence-corrected chi connectivity index (χ0v) is 85.6. The lowest BCUT2D eigenvalue weighted by Gasteiger charge is -2.27. The molecule has 0 radical (unpaired) electrons. The van der Waals surface area contributed by atoms with Gasteiger partial charge in [0.15, 0.2) is 34.7 Å². The monoisotopic (exact) mass is 1980 g/mol. The van der Waals surface area contributed by atoms with Gasteiger partial charge in [0.05, 0.1) is 77.4 Å². The Bertz CT molecular complexity index is 7390. The van der Waals surface area contributed by atoms with E-state index < -0.39 is 18.1 Å². The van der Waals surface area contributed by atoms with Crippen molar-refractivity contribution in [3.05, 3.63) is 212 Å². The summed E-state index contributed by atoms with van der Waals surface area (Å²) >= 11 is 0. The molecule has 0 spiro atoms. The molecule has 3 saturated heterocycles. The molecule has 9 atom stereocenters. The summed E-state index contributed by atoms with van der Waals surface area (Å²) in [5, 5.41) is 25.9. The van der Waals surface area contributed by atoms with Gasteiger partial charge in [0.25, 0.3) is 0 Å². The van der Waals surface area contributed by atoms with Crippen LogP contribution in [0.1, 0.15) is 259 Å². The second-order valence-corrected chi connectivity index (χ2v) is 42.4. The van der Waals surface area contributed by atoms with E-state index in [1.165, 1.54) is 25.5 Å². The van der Waals surface area contributed by atoms with Gasteiger partial charge in [0.2, 0.25) is 23.6 Å². The van der Waals surface area contributed by atoms with Crippen LogP contribution in [0.4, 0.5) is 0 Å². The zero-order valence-electron chi connectivity index (χ0n) is 85.6. The molecular weight excluding hydrogens is 1860 g/mol. The molecule has 15 heterocycles. The minimum atomic E-state index is -0.663. The summed E-state index contributed by atoms with van der Waals surface area (Å²) in [5.74, 6) is 0.696. The Kier molecular flexibility index (Phi) is 28.6. The molecule has 6 aliphatic heterocycles. The van der Waals surface area contributed by atoms with E-state index in [0.717, 1.165) is 117 Å². The number of hydrogen-bond donors (Lipinski definition) is 3. The van der Waals surface area contributed by atoms with Crippen LogP contribution in [0.5, 0.6) is 0 Å². The number of aryl methyl sites for hydroxylation is 9. The number of piperidine rings is 3. The number of pyridine rings is 3. The van der Waals surface area contributed by atoms with Gasteiger partial charge in [0.1, 0.15) is 71.5 Å². The molecule has 3 aliphatic carbocycles. The van der Waals surface area contributed by atoms with E-state index in [9.17, 15) is 62.3 Å². The Morgan fingerprint density at radius 1 is 0.354 bits per heavy atom. The normalized spacial score (nSPS) is 22.9. The van der Waals surface area contributed by atoms with Crippen molar-refractivity contribution >= 4 is 108 Å². The molecule has 34 heteroatoms. The van der Waals surface area contributed by atoms with Crippen LogP contribution in [0, 0.1) is 78.6 Å². The standard InChI is InChI=1S/C38H41N7O5.C38H43N7O4.C37H41N7O4/c1-21-7-8-22(2)42-30(21)15-32(48)31-16-38-10-9-28(47)6-5-11-39-34(49)14-26-12-25(27-18-40-24(4)41-19-27)13-29-36(23(3)46)43-44(37(26)29)20-35(50)45(31)33(38)17-38;1-22-8-9-23(2)42-31(22)15-33(48)32-16-38-11-10-29(47)7-5-6-12-39-18-27-13-26(28-19-40-25(4)41-20-28)14-30-36(24(3)46)43-44(37(27)30)21-35(49)45(32)34(38)17-38;1-21-7-8-22(2)41-30(21)14-32(47)31-15-37-10-9-28(46)6-5-11-38-17-26-12-25(27-18-39-24(4)40-19-27)13-29-35(23(3)45)42-43(36(26)29)20-34(48)44(31)33(37)16-37/h7-8,12-13,18-19,31,33H,5-6,9-11,14-17,20H2,1-4H3,(H,39,49);8-9,13-14,19-20,32,34,39H,5-7,10-12,15-18,21H2,1-4H3;7-8,12-13,18-19,31,33,38H,5-6,9-11,14-17,20H2,1-4H3/t31-,33+,38-;32-,34+,38-;31-,33+,37-/m000/s1. The summed E-state index contributed by atoms with van der Waals surface area (Å²) in [5.41, 5.74) is 16.4. The van der Waals surface area contributed by atoms with Gasteiger partial charge in [-0.15, -0.1) is 0 Å². The van der Waals surface area contributed by atoms with Crippen LogP contribution in [-0.2, 0) is 106 Å². The predicted molar refractivity (Wildman–Crippen MR) is 547 cm³/mol. The molecule has 3 aromatic carbocycles. The molecule has 0 unspecified atom stereocenters. The number of Topliss-reactive ketones (excluding diaryl/α,β-unsaturated/α-hetero) is 9. The first-order valence-electron chi connectivity index (χ1n) is 51.5. The van der Waals surface area contributed by atoms with E-state index in [0.29, 0.717) is 194 Å². The quantitative estimate of drug-likeness (QED) is 0.0802. The number of ketones is 9. The fraction of sp³-hybridized carbons (Fsp3) is 0.460. The Labute approximate surface area is 851 Å². The maximum Gasteiger partial charge on any atom is 0.245 e. The number of nitrogens with zero attached hydrogens (tertiary/aromatic N) is 18. The molecule has 3 N–H and O–H groups in total. The molecule has 21 rings (SSSR count). The van der Waals surface area contributed by atoms with Gasteiger partial charge in [-0.2, -0.15) is 15.3 Å². The van der Waals surface area contributed by atoms with E-state index in [2.05, 4.69) is 65.9 Å². The summed E-state index contributed by atoms with van der Waals surface area (Å²) in [6.07, 6.45) is 22.1. The third-order valence-electron chi connectivity index (χ3n) is 31.8. The van der Waals surface area contributed by atoms with E-state index in [4.69, 9.17) is 10.2 Å². The van der Waals surface area contributed by atoms with Crippen LogP contribution < -0.4 is 16.0 Å². The third-order valence-corrected chi connectivity index (χ3v) is 31.8. The van der Waals surface area contributed by atoms with Crippen LogP contribution in [0.15, 0.2) is 110 Å². The SMILES string of the molecule is CC(=O)c1nn2c3c(cc(-c4cnc(C)nc4)cc13)CC(=O)NCCCC(=O)CC[C@@]13C[C@@H](C(=O)Cc4nc(C)ccc4C)N(C(=O)C2)[C@@H]1C3.CC(=O)c1nn2c3c(cc(-c4cnc(C)nc4)cc13)CNCCCC(=O)CC[C@@]13C[C@@H](C(=O)Cc4nc(C)ccc4C)N(C(=O)C2)[C@@H]1C3.CC(=O)c1nn2c3c(cc(-c4cnc(C)nc4)cc13)CNCCCCC(=O)CC[C@@]13C[C@@H](C(=O)Cc4nc(C)ccc4C)N(C(=O)C2)[C@@H]1C3. The smallest absolute Gasteiger partial charge is 0.245 e. The second-order valence-electron chi connectivity index (χ2n) is 42.4. The summed E-state index contributed by atoms with van der Waals surface area (Å²) < 4.78 is 4.81. The van der Waals surface area contributed by atoms with E-state index in [1.54, 1.807) is 68.2 Å². The molecule has 4 amide bonds. The van der Waals surface area contributed by atoms with Crippen molar-refractivity contribution < 1.29 is 62.3 Å². The molecule has 9 aliphatic rings. The Morgan fingerprint density at radius 2 is 0.660 bits per heavy atom. The third kappa shape index (κ3) is 21.2. The zero-order chi connectivity index (χ0) is 104. The number of aromatic nitrogens is 15. The lowest BCUT2D eigenvalue weighted by atomic mass is 9.90. The van der Waals surface area contributed by atoms with Gasteiger partial charge >= 0.3 is 0 Å². The van der Waals surface area contributed by atoms with Gasteiger partial charge in [0, 0.05) is 184 Å². The lowest BCUT2D eigenvalue weighted by Crippen LogP contribution is -2.45. The molecule has 9 aromatic heterocycles. The number of rotatable bonds is 15. The van der Waals surface area contributed by atoms with Crippen LogP contribution in [0.25, 0.3) is 66.1 Å². The van der Waals surface area contributed by atoms with Crippen molar-refractivity contribution in [2.24, 2.45) is 16.2 Å². The van der Waals surface area contributed by atoms with Crippen molar-refractivity contribution in [1.29, 1.82) is 0 Å². The number of carbonyl (C=O) groups is 13. The number of hydrogen-bond acceptors (Lipinski definition) is 27. The van der Waals surface area contributed by atoms with Gasteiger partial charge < -0.3 is 30.7 Å². The number of carbonyl (C=O) groups excluding carboxylic acids is 13. The molecule has 760 valence electrons. The largest absolute Gasteiger partial charge is 0.356 e. The van der Waals surface area contributed by atoms with E-state index >= 15 is 0 Å². The molecule has 12 aromatic rings. The fourth-order valence-electron chi connectivity index (χ4n) is 23.5. The molecule has 34 nitrogen and oxygen atoms in total. The highest BCUT2D eigenvalue weighted by molar-refractivity contribution is 6.10. The van der Waals surface area contributed by atoms with Gasteiger partial charge in [-0.3, -0.25) is 91.3 Å². The fourth-order valence-corrected chi connectivity index (χ4v) is 23.5. The summed E-state index contributed by atoms with van der Waals surface area (Å²) in [4.78, 5) is 222. The van der Waals surface area contributed by atoms with Crippen molar-refractivity contribution in [2.75, 3.05) is 19.6 Å². The Balaban J connectivity index is 0.000000139.